The van der Waals surface area contributed by atoms with E-state index in [1.54, 1.807) is 12.1 Å². The number of azo groups is 1. The van der Waals surface area contributed by atoms with Crippen LogP contribution in [0.15, 0.2) is 58.8 Å². The van der Waals surface area contributed by atoms with E-state index in [-0.39, 0.29) is 23.7 Å². The van der Waals surface area contributed by atoms with Gasteiger partial charge in [-0.15, -0.1) is 5.11 Å². The lowest BCUT2D eigenvalue weighted by Gasteiger charge is -2.22. The SMILES string of the molecule is O=C(Nc1ccc(N=Nc2ccccc2)c(NC(=O)C2CCCCC2)c1)C1CCCCC1. The summed E-state index contributed by atoms with van der Waals surface area (Å²) in [5, 5.41) is 14.8. The second-order valence-corrected chi connectivity index (χ2v) is 8.92. The average Bonchev–Trinajstić information content (AvgIpc) is 2.85. The van der Waals surface area contributed by atoms with Crippen molar-refractivity contribution < 1.29 is 9.59 Å². The highest BCUT2D eigenvalue weighted by molar-refractivity contribution is 5.98. The summed E-state index contributed by atoms with van der Waals surface area (Å²) in [5.74, 6) is 0.189. The summed E-state index contributed by atoms with van der Waals surface area (Å²) in [6, 6.07) is 14.9. The molecule has 6 nitrogen and oxygen atoms in total. The van der Waals surface area contributed by atoms with E-state index in [1.165, 1.54) is 12.8 Å². The molecule has 2 saturated carbocycles. The zero-order valence-corrected chi connectivity index (χ0v) is 18.6. The zero-order valence-electron chi connectivity index (χ0n) is 18.6. The fourth-order valence-corrected chi connectivity index (χ4v) is 4.62. The number of carbonyl (C=O) groups excluding carboxylic acids is 2. The number of carbonyl (C=O) groups is 2. The maximum Gasteiger partial charge on any atom is 0.227 e. The lowest BCUT2D eigenvalue weighted by molar-refractivity contribution is -0.121. The molecule has 2 aliphatic carbocycles. The van der Waals surface area contributed by atoms with Gasteiger partial charge in [0.15, 0.2) is 0 Å². The van der Waals surface area contributed by atoms with Gasteiger partial charge in [0.25, 0.3) is 0 Å². The van der Waals surface area contributed by atoms with Gasteiger partial charge in [-0.1, -0.05) is 56.7 Å². The van der Waals surface area contributed by atoms with Gasteiger partial charge in [0.2, 0.25) is 11.8 Å². The Balaban J connectivity index is 1.53. The van der Waals surface area contributed by atoms with Crippen molar-refractivity contribution in [3.8, 4) is 0 Å². The third-order valence-corrected chi connectivity index (χ3v) is 6.50. The summed E-state index contributed by atoms with van der Waals surface area (Å²) in [6.07, 6.45) is 10.5. The minimum Gasteiger partial charge on any atom is -0.326 e. The van der Waals surface area contributed by atoms with Gasteiger partial charge in [-0.3, -0.25) is 9.59 Å². The molecular weight excluding hydrogens is 400 g/mol. The molecule has 2 aliphatic rings. The number of benzene rings is 2. The van der Waals surface area contributed by atoms with Gasteiger partial charge in [-0.25, -0.2) is 0 Å². The number of amides is 2. The van der Waals surface area contributed by atoms with Crippen molar-refractivity contribution in [2.75, 3.05) is 10.6 Å². The molecule has 2 aromatic carbocycles. The van der Waals surface area contributed by atoms with E-state index in [4.69, 9.17) is 0 Å². The highest BCUT2D eigenvalue weighted by Crippen LogP contribution is 2.33. The maximum atomic E-state index is 12.9. The Hall–Kier alpha value is -3.02. The molecule has 2 fully saturated rings. The standard InChI is InChI=1S/C26H32N4O2/c31-25(19-10-4-1-5-11-19)27-22-16-17-23(30-29-21-14-8-3-9-15-21)24(18-22)28-26(32)20-12-6-2-7-13-20/h3,8-9,14-20H,1-2,4-7,10-13H2,(H,27,31)(H,28,32). The molecule has 2 amide bonds. The van der Waals surface area contributed by atoms with E-state index < -0.39 is 0 Å². The van der Waals surface area contributed by atoms with Gasteiger partial charge in [-0.2, -0.15) is 5.11 Å². The molecule has 2 aromatic rings. The van der Waals surface area contributed by atoms with Gasteiger partial charge in [0.05, 0.1) is 11.4 Å². The average molecular weight is 433 g/mol. The number of hydrogen-bond donors (Lipinski definition) is 2. The zero-order chi connectivity index (χ0) is 22.2. The molecule has 2 N–H and O–H groups in total. The monoisotopic (exact) mass is 432 g/mol. The van der Waals surface area contributed by atoms with Crippen molar-refractivity contribution in [2.45, 2.75) is 64.2 Å². The molecule has 0 aliphatic heterocycles. The number of anilines is 2. The molecule has 168 valence electrons. The molecule has 0 saturated heterocycles. The minimum atomic E-state index is 0.0246. The Labute approximate surface area is 189 Å². The second-order valence-electron chi connectivity index (χ2n) is 8.92. The van der Waals surface area contributed by atoms with Crippen molar-refractivity contribution in [2.24, 2.45) is 22.1 Å². The predicted octanol–water partition coefficient (Wildman–Crippen LogP) is 7.14. The third-order valence-electron chi connectivity index (χ3n) is 6.50. The molecule has 0 heterocycles. The summed E-state index contributed by atoms with van der Waals surface area (Å²) >= 11 is 0. The lowest BCUT2D eigenvalue weighted by atomic mass is 9.88. The van der Waals surface area contributed by atoms with Crippen molar-refractivity contribution in [1.82, 2.24) is 0 Å². The first-order chi connectivity index (χ1) is 15.7. The summed E-state index contributed by atoms with van der Waals surface area (Å²) in [6.45, 7) is 0. The van der Waals surface area contributed by atoms with Crippen molar-refractivity contribution in [3.05, 3.63) is 48.5 Å². The van der Waals surface area contributed by atoms with Crippen LogP contribution >= 0.6 is 0 Å². The van der Waals surface area contributed by atoms with E-state index in [0.717, 1.165) is 57.1 Å². The normalized spacial score (nSPS) is 17.9. The molecule has 32 heavy (non-hydrogen) atoms. The Kier molecular flexibility index (Phi) is 7.64. The van der Waals surface area contributed by atoms with E-state index in [9.17, 15) is 9.59 Å². The molecule has 0 unspecified atom stereocenters. The van der Waals surface area contributed by atoms with Crippen molar-refractivity contribution in [1.29, 1.82) is 0 Å². The van der Waals surface area contributed by atoms with Crippen molar-refractivity contribution in [3.63, 3.8) is 0 Å². The molecular formula is C26H32N4O2. The molecule has 0 atom stereocenters. The molecule has 0 bridgehead atoms. The van der Waals surface area contributed by atoms with Gasteiger partial charge in [0, 0.05) is 17.5 Å². The maximum absolute atomic E-state index is 12.9. The number of nitrogens with one attached hydrogen (secondary N) is 2. The van der Waals surface area contributed by atoms with Gasteiger partial charge in [-0.05, 0) is 56.0 Å². The van der Waals surface area contributed by atoms with Crippen LogP contribution in [-0.4, -0.2) is 11.8 Å². The van der Waals surface area contributed by atoms with Crippen LogP contribution in [0.1, 0.15) is 64.2 Å². The summed E-state index contributed by atoms with van der Waals surface area (Å²) in [4.78, 5) is 25.6. The molecule has 6 heteroatoms. The quantitative estimate of drug-likeness (QED) is 0.476. The van der Waals surface area contributed by atoms with Crippen LogP contribution in [0.5, 0.6) is 0 Å². The van der Waals surface area contributed by atoms with Crippen molar-refractivity contribution >= 4 is 34.6 Å². The summed E-state index contributed by atoms with van der Waals surface area (Å²) < 4.78 is 0. The molecule has 0 spiro atoms. The van der Waals surface area contributed by atoms with Crippen LogP contribution in [0, 0.1) is 11.8 Å². The largest absolute Gasteiger partial charge is 0.326 e. The van der Waals surface area contributed by atoms with E-state index in [1.807, 2.05) is 36.4 Å². The van der Waals surface area contributed by atoms with Crippen LogP contribution in [0.2, 0.25) is 0 Å². The smallest absolute Gasteiger partial charge is 0.227 e. The summed E-state index contributed by atoms with van der Waals surface area (Å²) in [5.41, 5.74) is 2.58. The fourth-order valence-electron chi connectivity index (χ4n) is 4.62. The molecule has 4 rings (SSSR count). The Morgan fingerprint density at radius 3 is 1.91 bits per heavy atom. The molecule has 0 radical (unpaired) electrons. The number of nitrogens with zero attached hydrogens (tertiary/aromatic N) is 2. The van der Waals surface area contributed by atoms with Gasteiger partial charge in [0.1, 0.15) is 5.69 Å². The van der Waals surface area contributed by atoms with Crippen LogP contribution in [-0.2, 0) is 9.59 Å². The Bertz CT molecular complexity index is 946. The van der Waals surface area contributed by atoms with Gasteiger partial charge < -0.3 is 10.6 Å². The minimum absolute atomic E-state index is 0.0246. The van der Waals surface area contributed by atoms with E-state index in [0.29, 0.717) is 17.1 Å². The Morgan fingerprint density at radius 2 is 1.28 bits per heavy atom. The topological polar surface area (TPSA) is 82.9 Å². The first-order valence-electron chi connectivity index (χ1n) is 11.9. The predicted molar refractivity (Wildman–Crippen MR) is 127 cm³/mol. The van der Waals surface area contributed by atoms with Gasteiger partial charge >= 0.3 is 0 Å². The van der Waals surface area contributed by atoms with Crippen LogP contribution in [0.25, 0.3) is 0 Å². The highest BCUT2D eigenvalue weighted by Gasteiger charge is 2.23. The first-order valence-corrected chi connectivity index (χ1v) is 11.9. The van der Waals surface area contributed by atoms with Crippen LogP contribution in [0.3, 0.4) is 0 Å². The lowest BCUT2D eigenvalue weighted by Crippen LogP contribution is -2.25. The fraction of sp³-hybridized carbons (Fsp3) is 0.462. The van der Waals surface area contributed by atoms with Crippen LogP contribution < -0.4 is 10.6 Å². The van der Waals surface area contributed by atoms with Crippen LogP contribution in [0.4, 0.5) is 22.7 Å². The van der Waals surface area contributed by atoms with E-state index >= 15 is 0 Å². The summed E-state index contributed by atoms with van der Waals surface area (Å²) in [7, 11) is 0. The Morgan fingerprint density at radius 1 is 0.688 bits per heavy atom. The third kappa shape index (κ3) is 6.02. The molecule has 0 aromatic heterocycles. The second kappa shape index (κ2) is 11.0. The number of rotatable bonds is 6. The highest BCUT2D eigenvalue weighted by atomic mass is 16.2. The first kappa shape index (κ1) is 22.2. The number of hydrogen-bond acceptors (Lipinski definition) is 4. The van der Waals surface area contributed by atoms with E-state index in [2.05, 4.69) is 20.9 Å².